The molecule has 11 heteroatoms. The fraction of sp³-hybridized carbons (Fsp3) is 0.348. The molecule has 4 N–H and O–H groups in total. The molecule has 182 valence electrons. The molecule has 3 amide bonds. The van der Waals surface area contributed by atoms with Crippen molar-refractivity contribution in [3.05, 3.63) is 54.1 Å². The molecule has 2 aromatic rings. The average Bonchev–Trinajstić information content (AvgIpc) is 2.75. The van der Waals surface area contributed by atoms with Crippen LogP contribution in [-0.4, -0.2) is 63.0 Å². The number of piperidine rings is 1. The van der Waals surface area contributed by atoms with Crippen molar-refractivity contribution in [2.45, 2.75) is 25.8 Å². The van der Waals surface area contributed by atoms with E-state index in [1.54, 1.807) is 0 Å². The standard InChI is InChI=1S/C23H29N5O5S/c1-16(29)24-19-8-9-21(27-34(2,32)33)20(14-19)23(31)26-18-10-12-28(13-11-18)15-22(30)25-17-6-4-3-5-7-17/h3-9,14,18,27H,10-13,15H2,1-2H3,(H,24,29)(H,25,30)(H,26,31). The summed E-state index contributed by atoms with van der Waals surface area (Å²) in [7, 11) is -3.61. The van der Waals surface area contributed by atoms with Gasteiger partial charge >= 0.3 is 0 Å². The number of rotatable bonds is 8. The Morgan fingerprint density at radius 2 is 1.65 bits per heavy atom. The Balaban J connectivity index is 1.58. The quantitative estimate of drug-likeness (QED) is 0.449. The summed E-state index contributed by atoms with van der Waals surface area (Å²) in [6, 6.07) is 13.5. The van der Waals surface area contributed by atoms with Crippen molar-refractivity contribution in [2.24, 2.45) is 0 Å². The van der Waals surface area contributed by atoms with E-state index in [1.807, 2.05) is 35.2 Å². The van der Waals surface area contributed by atoms with Gasteiger partial charge < -0.3 is 16.0 Å². The van der Waals surface area contributed by atoms with Gasteiger partial charge in [-0.25, -0.2) is 8.42 Å². The third-order valence-electron chi connectivity index (χ3n) is 5.23. The third kappa shape index (κ3) is 7.85. The summed E-state index contributed by atoms with van der Waals surface area (Å²) in [6.07, 6.45) is 2.29. The van der Waals surface area contributed by atoms with Gasteiger partial charge in [-0.2, -0.15) is 0 Å². The number of carbonyl (C=O) groups excluding carboxylic acids is 3. The lowest BCUT2D eigenvalue weighted by molar-refractivity contribution is -0.117. The molecule has 34 heavy (non-hydrogen) atoms. The topological polar surface area (TPSA) is 137 Å². The second kappa shape index (κ2) is 11.1. The monoisotopic (exact) mass is 487 g/mol. The Bertz CT molecular complexity index is 1150. The highest BCUT2D eigenvalue weighted by Gasteiger charge is 2.24. The number of benzene rings is 2. The number of nitrogens with one attached hydrogen (secondary N) is 4. The summed E-state index contributed by atoms with van der Waals surface area (Å²) in [5.74, 6) is -0.850. The number of para-hydroxylation sites is 1. The lowest BCUT2D eigenvalue weighted by Crippen LogP contribution is -2.46. The Morgan fingerprint density at radius 3 is 2.26 bits per heavy atom. The first-order valence-corrected chi connectivity index (χ1v) is 12.8. The van der Waals surface area contributed by atoms with Gasteiger partial charge in [0.15, 0.2) is 0 Å². The molecule has 1 aliphatic heterocycles. The lowest BCUT2D eigenvalue weighted by atomic mass is 10.0. The molecule has 0 spiro atoms. The van der Waals surface area contributed by atoms with Crippen LogP contribution in [0.4, 0.5) is 17.1 Å². The summed E-state index contributed by atoms with van der Waals surface area (Å²) >= 11 is 0. The van der Waals surface area contributed by atoms with Crippen LogP contribution in [0.5, 0.6) is 0 Å². The van der Waals surface area contributed by atoms with Gasteiger partial charge in [0.05, 0.1) is 24.1 Å². The Hall–Kier alpha value is -3.44. The summed E-state index contributed by atoms with van der Waals surface area (Å²) < 4.78 is 25.8. The van der Waals surface area contributed by atoms with Crippen molar-refractivity contribution in [3.8, 4) is 0 Å². The van der Waals surface area contributed by atoms with E-state index in [-0.39, 0.29) is 35.7 Å². The van der Waals surface area contributed by atoms with Gasteiger partial charge in [0.1, 0.15) is 0 Å². The maximum atomic E-state index is 13.0. The molecule has 3 rings (SSSR count). The van der Waals surface area contributed by atoms with E-state index in [1.165, 1.54) is 25.1 Å². The van der Waals surface area contributed by atoms with Gasteiger partial charge in [-0.3, -0.25) is 24.0 Å². The number of hydrogen-bond acceptors (Lipinski definition) is 6. The smallest absolute Gasteiger partial charge is 0.253 e. The molecule has 1 aliphatic rings. The molecule has 1 saturated heterocycles. The zero-order valence-corrected chi connectivity index (χ0v) is 19.9. The molecule has 0 aliphatic carbocycles. The van der Waals surface area contributed by atoms with Crippen molar-refractivity contribution < 1.29 is 22.8 Å². The molecule has 0 saturated carbocycles. The highest BCUT2D eigenvalue weighted by molar-refractivity contribution is 7.92. The van der Waals surface area contributed by atoms with Crippen molar-refractivity contribution in [1.82, 2.24) is 10.2 Å². The van der Waals surface area contributed by atoms with E-state index >= 15 is 0 Å². The highest BCUT2D eigenvalue weighted by Crippen LogP contribution is 2.23. The predicted molar refractivity (Wildman–Crippen MR) is 131 cm³/mol. The molecule has 0 aromatic heterocycles. The molecule has 2 aromatic carbocycles. The first kappa shape index (κ1) is 25.2. The van der Waals surface area contributed by atoms with Gasteiger partial charge in [0.25, 0.3) is 5.91 Å². The lowest BCUT2D eigenvalue weighted by Gasteiger charge is -2.32. The van der Waals surface area contributed by atoms with E-state index in [9.17, 15) is 22.8 Å². The van der Waals surface area contributed by atoms with Crippen LogP contribution in [0.15, 0.2) is 48.5 Å². The number of anilines is 3. The van der Waals surface area contributed by atoms with Crippen LogP contribution in [0.3, 0.4) is 0 Å². The minimum atomic E-state index is -3.61. The minimum Gasteiger partial charge on any atom is -0.349 e. The maximum absolute atomic E-state index is 13.0. The highest BCUT2D eigenvalue weighted by atomic mass is 32.2. The van der Waals surface area contributed by atoms with Crippen LogP contribution in [0, 0.1) is 0 Å². The number of likely N-dealkylation sites (tertiary alicyclic amines) is 1. The summed E-state index contributed by atoms with van der Waals surface area (Å²) in [5, 5.41) is 8.40. The van der Waals surface area contributed by atoms with Crippen molar-refractivity contribution in [3.63, 3.8) is 0 Å². The number of amides is 3. The first-order valence-electron chi connectivity index (χ1n) is 10.9. The van der Waals surface area contributed by atoms with Gasteiger partial charge in [-0.1, -0.05) is 18.2 Å². The molecule has 0 bridgehead atoms. The molecule has 1 fully saturated rings. The van der Waals surface area contributed by atoms with Crippen LogP contribution in [-0.2, 0) is 19.6 Å². The van der Waals surface area contributed by atoms with Crippen LogP contribution in [0.1, 0.15) is 30.1 Å². The van der Waals surface area contributed by atoms with Crippen LogP contribution in [0.2, 0.25) is 0 Å². The summed E-state index contributed by atoms with van der Waals surface area (Å²) in [4.78, 5) is 38.7. The zero-order valence-electron chi connectivity index (χ0n) is 19.1. The van der Waals surface area contributed by atoms with E-state index in [4.69, 9.17) is 0 Å². The van der Waals surface area contributed by atoms with Crippen molar-refractivity contribution in [2.75, 3.05) is 41.2 Å². The molecule has 1 heterocycles. The van der Waals surface area contributed by atoms with E-state index < -0.39 is 15.9 Å². The fourth-order valence-electron chi connectivity index (χ4n) is 3.73. The number of hydrogen-bond donors (Lipinski definition) is 4. The molecule has 0 atom stereocenters. The molecular formula is C23H29N5O5S. The SMILES string of the molecule is CC(=O)Nc1ccc(NS(C)(=O)=O)c(C(=O)NC2CCN(CC(=O)Nc3ccccc3)CC2)c1. The number of nitrogens with zero attached hydrogens (tertiary/aromatic N) is 1. The average molecular weight is 488 g/mol. The third-order valence-corrected chi connectivity index (χ3v) is 5.82. The summed E-state index contributed by atoms with van der Waals surface area (Å²) in [5.41, 5.74) is 1.37. The predicted octanol–water partition coefficient (Wildman–Crippen LogP) is 1.85. The molecule has 0 unspecified atom stereocenters. The zero-order chi connectivity index (χ0) is 24.7. The van der Waals surface area contributed by atoms with Crippen molar-refractivity contribution >= 4 is 44.8 Å². The van der Waals surface area contributed by atoms with Crippen LogP contribution < -0.4 is 20.7 Å². The van der Waals surface area contributed by atoms with E-state index in [2.05, 4.69) is 20.7 Å². The maximum Gasteiger partial charge on any atom is 0.253 e. The Labute approximate surface area is 199 Å². The van der Waals surface area contributed by atoms with Crippen LogP contribution >= 0.6 is 0 Å². The molecule has 0 radical (unpaired) electrons. The van der Waals surface area contributed by atoms with Crippen LogP contribution in [0.25, 0.3) is 0 Å². The van der Waals surface area contributed by atoms with Gasteiger partial charge in [-0.15, -0.1) is 0 Å². The van der Waals surface area contributed by atoms with Gasteiger partial charge in [0, 0.05) is 37.4 Å². The van der Waals surface area contributed by atoms with Gasteiger partial charge in [0.2, 0.25) is 21.8 Å². The first-order chi connectivity index (χ1) is 16.1. The molecule has 10 nitrogen and oxygen atoms in total. The molecular weight excluding hydrogens is 458 g/mol. The Kier molecular flexibility index (Phi) is 8.24. The van der Waals surface area contributed by atoms with Gasteiger partial charge in [-0.05, 0) is 43.2 Å². The van der Waals surface area contributed by atoms with E-state index in [0.29, 0.717) is 31.6 Å². The van der Waals surface area contributed by atoms with Crippen molar-refractivity contribution in [1.29, 1.82) is 0 Å². The second-order valence-electron chi connectivity index (χ2n) is 8.25. The fourth-order valence-corrected chi connectivity index (χ4v) is 4.30. The summed E-state index contributed by atoms with van der Waals surface area (Å²) in [6.45, 7) is 2.87. The number of sulfonamides is 1. The number of carbonyl (C=O) groups is 3. The minimum absolute atomic E-state index is 0.0973. The largest absolute Gasteiger partial charge is 0.349 e. The second-order valence-corrected chi connectivity index (χ2v) is 10.0. The van der Waals surface area contributed by atoms with E-state index in [0.717, 1.165) is 11.9 Å². The Morgan fingerprint density at radius 1 is 0.971 bits per heavy atom. The normalized spacial score (nSPS) is 14.8.